The van der Waals surface area contributed by atoms with Gasteiger partial charge in [0, 0.05) is 19.2 Å². The van der Waals surface area contributed by atoms with Gasteiger partial charge in [0.15, 0.2) is 5.75 Å². The van der Waals surface area contributed by atoms with Crippen molar-refractivity contribution >= 4 is 17.6 Å². The molecule has 0 bridgehead atoms. The Kier molecular flexibility index (Phi) is 2.44. The number of hydrogen-bond acceptors (Lipinski definition) is 3. The van der Waals surface area contributed by atoms with Gasteiger partial charge in [0.1, 0.15) is 0 Å². The molecule has 0 spiro atoms. The number of halogens is 1. The van der Waals surface area contributed by atoms with Crippen molar-refractivity contribution in [3.8, 4) is 5.75 Å². The van der Waals surface area contributed by atoms with E-state index in [-0.39, 0.29) is 5.97 Å². The fourth-order valence-electron chi connectivity index (χ4n) is 0.614. The molecule has 0 unspecified atom stereocenters. The van der Waals surface area contributed by atoms with Crippen LogP contribution in [0.1, 0.15) is 6.92 Å². The summed E-state index contributed by atoms with van der Waals surface area (Å²) in [5.41, 5.74) is 0. The summed E-state index contributed by atoms with van der Waals surface area (Å²) < 4.78 is 4.71. The number of ether oxygens (including phenoxy) is 1. The summed E-state index contributed by atoms with van der Waals surface area (Å²) in [5, 5.41) is 0.448. The third-order valence-electron chi connectivity index (χ3n) is 0.941. The number of carbonyl (C=O) groups is 1. The predicted octanol–water partition coefficient (Wildman–Crippen LogP) is 1.66. The fourth-order valence-corrected chi connectivity index (χ4v) is 0.778. The van der Waals surface area contributed by atoms with Gasteiger partial charge in [0.05, 0.1) is 11.2 Å². The second kappa shape index (κ2) is 3.34. The highest BCUT2D eigenvalue weighted by atomic mass is 35.5. The smallest absolute Gasteiger partial charge is 0.308 e. The number of hydrogen-bond donors (Lipinski definition) is 0. The third kappa shape index (κ3) is 2.55. The van der Waals surface area contributed by atoms with Crippen LogP contribution < -0.4 is 4.74 Å². The fraction of sp³-hybridized carbons (Fsp3) is 0.143. The van der Waals surface area contributed by atoms with Crippen LogP contribution in [0, 0.1) is 0 Å². The van der Waals surface area contributed by atoms with E-state index in [0.29, 0.717) is 10.8 Å². The van der Waals surface area contributed by atoms with Gasteiger partial charge in [-0.2, -0.15) is 0 Å². The monoisotopic (exact) mass is 171 g/mol. The van der Waals surface area contributed by atoms with E-state index in [1.807, 2.05) is 0 Å². The van der Waals surface area contributed by atoms with E-state index in [0.717, 1.165) is 0 Å². The van der Waals surface area contributed by atoms with Crippen LogP contribution in [0.15, 0.2) is 18.5 Å². The Hall–Kier alpha value is -1.09. The van der Waals surface area contributed by atoms with Crippen LogP contribution >= 0.6 is 11.6 Å². The van der Waals surface area contributed by atoms with Crippen LogP contribution in [0.25, 0.3) is 0 Å². The maximum Gasteiger partial charge on any atom is 0.308 e. The van der Waals surface area contributed by atoms with Crippen LogP contribution in [-0.4, -0.2) is 11.0 Å². The summed E-state index contributed by atoms with van der Waals surface area (Å²) in [6.07, 6.45) is 2.89. The Balaban J connectivity index is 2.79. The lowest BCUT2D eigenvalue weighted by atomic mass is 10.5. The van der Waals surface area contributed by atoms with Crippen molar-refractivity contribution in [2.45, 2.75) is 6.92 Å². The van der Waals surface area contributed by atoms with E-state index >= 15 is 0 Å². The summed E-state index contributed by atoms with van der Waals surface area (Å²) in [6, 6.07) is 1.52. The molecule has 4 heteroatoms. The first-order chi connectivity index (χ1) is 5.18. The Morgan fingerprint density at radius 3 is 2.91 bits per heavy atom. The molecule has 1 heterocycles. The Morgan fingerprint density at radius 1 is 1.64 bits per heavy atom. The number of esters is 1. The zero-order chi connectivity index (χ0) is 8.27. The Morgan fingerprint density at radius 2 is 2.36 bits per heavy atom. The first kappa shape index (κ1) is 8.01. The standard InChI is InChI=1S/C7H6ClNO2/c1-5(10)11-7-2-6(8)3-9-4-7/h2-4H,1H3. The molecule has 3 nitrogen and oxygen atoms in total. The van der Waals surface area contributed by atoms with E-state index < -0.39 is 0 Å². The lowest BCUT2D eigenvalue weighted by molar-refractivity contribution is -0.131. The van der Waals surface area contributed by atoms with Gasteiger partial charge in [0.2, 0.25) is 0 Å². The van der Waals surface area contributed by atoms with Gasteiger partial charge in [-0.1, -0.05) is 11.6 Å². The maximum absolute atomic E-state index is 10.4. The minimum atomic E-state index is -0.380. The molecule has 0 amide bonds. The van der Waals surface area contributed by atoms with Crippen LogP contribution in [0.4, 0.5) is 0 Å². The Labute approximate surface area is 69.0 Å². The lowest BCUT2D eigenvalue weighted by Gasteiger charge is -1.98. The minimum Gasteiger partial charge on any atom is -0.425 e. The van der Waals surface area contributed by atoms with Crippen molar-refractivity contribution in [3.63, 3.8) is 0 Å². The predicted molar refractivity (Wildman–Crippen MR) is 40.6 cm³/mol. The highest BCUT2D eigenvalue weighted by Gasteiger charge is 1.97. The van der Waals surface area contributed by atoms with E-state index in [1.165, 1.54) is 25.4 Å². The first-order valence-corrected chi connectivity index (χ1v) is 3.35. The molecule has 0 N–H and O–H groups in total. The zero-order valence-corrected chi connectivity index (χ0v) is 6.63. The Bertz CT molecular complexity index is 275. The second-order valence-electron chi connectivity index (χ2n) is 1.93. The van der Waals surface area contributed by atoms with Crippen molar-refractivity contribution in [2.75, 3.05) is 0 Å². The number of aromatic nitrogens is 1. The van der Waals surface area contributed by atoms with Crippen LogP contribution in [-0.2, 0) is 4.79 Å². The molecule has 58 valence electrons. The minimum absolute atomic E-state index is 0.366. The summed E-state index contributed by atoms with van der Waals surface area (Å²) >= 11 is 5.57. The molecule has 1 aromatic heterocycles. The van der Waals surface area contributed by atoms with Crippen molar-refractivity contribution < 1.29 is 9.53 Å². The van der Waals surface area contributed by atoms with Gasteiger partial charge in [-0.3, -0.25) is 9.78 Å². The van der Waals surface area contributed by atoms with Crippen molar-refractivity contribution in [1.29, 1.82) is 0 Å². The molecule has 0 aromatic carbocycles. The molecule has 11 heavy (non-hydrogen) atoms. The van der Waals surface area contributed by atoms with Crippen molar-refractivity contribution in [2.24, 2.45) is 0 Å². The van der Waals surface area contributed by atoms with E-state index in [4.69, 9.17) is 16.3 Å². The molecular formula is C7H6ClNO2. The summed E-state index contributed by atoms with van der Waals surface area (Å²) in [6.45, 7) is 1.32. The van der Waals surface area contributed by atoms with E-state index in [1.54, 1.807) is 0 Å². The molecule has 0 saturated carbocycles. The average molecular weight is 172 g/mol. The van der Waals surface area contributed by atoms with Crippen LogP contribution in [0.3, 0.4) is 0 Å². The summed E-state index contributed by atoms with van der Waals surface area (Å²) in [4.78, 5) is 14.2. The molecular weight excluding hydrogens is 166 g/mol. The first-order valence-electron chi connectivity index (χ1n) is 2.97. The molecule has 0 radical (unpaired) electrons. The number of pyridine rings is 1. The van der Waals surface area contributed by atoms with Gasteiger partial charge >= 0.3 is 5.97 Å². The number of carbonyl (C=O) groups excluding carboxylic acids is 1. The van der Waals surface area contributed by atoms with Crippen molar-refractivity contribution in [3.05, 3.63) is 23.5 Å². The van der Waals surface area contributed by atoms with Crippen LogP contribution in [0.5, 0.6) is 5.75 Å². The second-order valence-corrected chi connectivity index (χ2v) is 2.37. The molecule has 1 aromatic rings. The highest BCUT2D eigenvalue weighted by Crippen LogP contribution is 2.14. The van der Waals surface area contributed by atoms with E-state index in [9.17, 15) is 4.79 Å². The van der Waals surface area contributed by atoms with Crippen LogP contribution in [0.2, 0.25) is 5.02 Å². The quantitative estimate of drug-likeness (QED) is 0.604. The van der Waals surface area contributed by atoms with Gasteiger partial charge in [0.25, 0.3) is 0 Å². The van der Waals surface area contributed by atoms with Gasteiger partial charge in [-0.25, -0.2) is 0 Å². The molecule has 0 fully saturated rings. The summed E-state index contributed by atoms with van der Waals surface area (Å²) in [7, 11) is 0. The largest absolute Gasteiger partial charge is 0.425 e. The van der Waals surface area contributed by atoms with Crippen molar-refractivity contribution in [1.82, 2.24) is 4.98 Å². The average Bonchev–Trinajstić information content (AvgIpc) is 1.85. The molecule has 0 aliphatic rings. The van der Waals surface area contributed by atoms with E-state index in [2.05, 4.69) is 4.98 Å². The lowest BCUT2D eigenvalue weighted by Crippen LogP contribution is -2.01. The normalized spacial score (nSPS) is 9.27. The van der Waals surface area contributed by atoms with Gasteiger partial charge in [-0.05, 0) is 0 Å². The molecule has 0 saturated heterocycles. The zero-order valence-electron chi connectivity index (χ0n) is 5.87. The SMILES string of the molecule is CC(=O)Oc1cncc(Cl)c1. The highest BCUT2D eigenvalue weighted by molar-refractivity contribution is 6.30. The number of nitrogens with zero attached hydrogens (tertiary/aromatic N) is 1. The van der Waals surface area contributed by atoms with Gasteiger partial charge in [-0.15, -0.1) is 0 Å². The molecule has 1 rings (SSSR count). The topological polar surface area (TPSA) is 39.2 Å². The third-order valence-corrected chi connectivity index (χ3v) is 1.15. The maximum atomic E-state index is 10.4. The summed E-state index contributed by atoms with van der Waals surface area (Å²) in [5.74, 6) is -0.0148. The number of rotatable bonds is 1. The molecule has 0 aliphatic heterocycles. The van der Waals surface area contributed by atoms with Gasteiger partial charge < -0.3 is 4.74 Å². The molecule has 0 atom stereocenters. The molecule has 0 aliphatic carbocycles.